The summed E-state index contributed by atoms with van der Waals surface area (Å²) in [5.74, 6) is 0.925. The number of ether oxygens (including phenoxy) is 1. The molecule has 0 unspecified atom stereocenters. The zero-order chi connectivity index (χ0) is 14.7. The molecule has 0 bridgehead atoms. The summed E-state index contributed by atoms with van der Waals surface area (Å²) in [6, 6.07) is 15.2. The highest BCUT2D eigenvalue weighted by atomic mass is 19.3. The maximum Gasteiger partial charge on any atom is 0.387 e. The van der Waals surface area contributed by atoms with Crippen molar-refractivity contribution in [3.05, 3.63) is 59.7 Å². The Morgan fingerprint density at radius 2 is 1.86 bits per heavy atom. The Morgan fingerprint density at radius 3 is 2.52 bits per heavy atom. The Morgan fingerprint density at radius 1 is 1.10 bits per heavy atom. The van der Waals surface area contributed by atoms with Gasteiger partial charge in [0.25, 0.3) is 0 Å². The van der Waals surface area contributed by atoms with Gasteiger partial charge in [0.1, 0.15) is 5.75 Å². The molecule has 3 rings (SSSR count). The molecule has 2 aromatic rings. The highest BCUT2D eigenvalue weighted by Crippen LogP contribution is 2.39. The first-order chi connectivity index (χ1) is 10.2. The second-order valence-corrected chi connectivity index (χ2v) is 5.28. The van der Waals surface area contributed by atoms with E-state index in [1.54, 1.807) is 12.1 Å². The SMILES string of the molecule is FC(F)Oc1cccc(NCc2ccc(C3CC3)cc2)c1. The fraction of sp³-hybridized carbons (Fsp3) is 0.294. The van der Waals surface area contributed by atoms with E-state index in [0.29, 0.717) is 6.54 Å². The molecule has 0 aliphatic heterocycles. The quantitative estimate of drug-likeness (QED) is 0.826. The minimum Gasteiger partial charge on any atom is -0.435 e. The van der Waals surface area contributed by atoms with Crippen LogP contribution in [0.4, 0.5) is 14.5 Å². The third-order valence-electron chi connectivity index (χ3n) is 3.58. The molecule has 0 amide bonds. The van der Waals surface area contributed by atoms with Gasteiger partial charge < -0.3 is 10.1 Å². The lowest BCUT2D eigenvalue weighted by Gasteiger charge is -2.10. The van der Waals surface area contributed by atoms with Gasteiger partial charge in [0.15, 0.2) is 0 Å². The van der Waals surface area contributed by atoms with Crippen LogP contribution in [0, 0.1) is 0 Å². The van der Waals surface area contributed by atoms with E-state index in [-0.39, 0.29) is 5.75 Å². The number of hydrogen-bond donors (Lipinski definition) is 1. The molecule has 2 nitrogen and oxygen atoms in total. The molecular weight excluding hydrogens is 272 g/mol. The number of halogens is 2. The molecule has 0 saturated heterocycles. The van der Waals surface area contributed by atoms with Gasteiger partial charge in [-0.25, -0.2) is 0 Å². The van der Waals surface area contributed by atoms with Gasteiger partial charge in [0.2, 0.25) is 0 Å². The zero-order valence-electron chi connectivity index (χ0n) is 11.6. The van der Waals surface area contributed by atoms with Crippen molar-refractivity contribution in [2.45, 2.75) is 31.9 Å². The average molecular weight is 289 g/mol. The van der Waals surface area contributed by atoms with Crippen LogP contribution in [0.2, 0.25) is 0 Å². The second kappa shape index (κ2) is 6.12. The van der Waals surface area contributed by atoms with Crippen molar-refractivity contribution in [2.75, 3.05) is 5.32 Å². The van der Waals surface area contributed by atoms with Gasteiger partial charge in [-0.3, -0.25) is 0 Å². The average Bonchev–Trinajstić information content (AvgIpc) is 3.30. The Hall–Kier alpha value is -2.10. The van der Waals surface area contributed by atoms with E-state index in [1.807, 2.05) is 6.07 Å². The van der Waals surface area contributed by atoms with E-state index >= 15 is 0 Å². The van der Waals surface area contributed by atoms with Crippen LogP contribution in [-0.2, 0) is 6.54 Å². The Bertz CT molecular complexity index is 594. The van der Waals surface area contributed by atoms with Crippen molar-refractivity contribution in [3.63, 3.8) is 0 Å². The van der Waals surface area contributed by atoms with Gasteiger partial charge in [-0.05, 0) is 42.0 Å². The molecule has 21 heavy (non-hydrogen) atoms. The summed E-state index contributed by atoms with van der Waals surface area (Å²) in [6.07, 6.45) is 2.60. The largest absolute Gasteiger partial charge is 0.435 e. The lowest BCUT2D eigenvalue weighted by Crippen LogP contribution is -2.03. The first-order valence-electron chi connectivity index (χ1n) is 7.08. The van der Waals surface area contributed by atoms with Crippen LogP contribution in [0.1, 0.15) is 29.9 Å². The van der Waals surface area contributed by atoms with Gasteiger partial charge >= 0.3 is 6.61 Å². The maximum atomic E-state index is 12.2. The highest BCUT2D eigenvalue weighted by Gasteiger charge is 2.22. The maximum absolute atomic E-state index is 12.2. The van der Waals surface area contributed by atoms with Gasteiger partial charge in [-0.2, -0.15) is 8.78 Å². The van der Waals surface area contributed by atoms with Crippen molar-refractivity contribution < 1.29 is 13.5 Å². The molecule has 0 heterocycles. The number of nitrogens with one attached hydrogen (secondary N) is 1. The highest BCUT2D eigenvalue weighted by molar-refractivity contribution is 5.48. The van der Waals surface area contributed by atoms with Gasteiger partial charge in [0.05, 0.1) is 0 Å². The first-order valence-corrected chi connectivity index (χ1v) is 7.08. The predicted molar refractivity (Wildman–Crippen MR) is 78.8 cm³/mol. The third kappa shape index (κ3) is 3.94. The van der Waals surface area contributed by atoms with E-state index < -0.39 is 6.61 Å². The molecule has 0 aromatic heterocycles. The molecule has 110 valence electrons. The van der Waals surface area contributed by atoms with Crippen molar-refractivity contribution in [1.29, 1.82) is 0 Å². The predicted octanol–water partition coefficient (Wildman–Crippen LogP) is 4.78. The molecule has 1 aliphatic carbocycles. The molecule has 2 aromatic carbocycles. The summed E-state index contributed by atoms with van der Waals surface area (Å²) < 4.78 is 28.7. The third-order valence-corrected chi connectivity index (χ3v) is 3.58. The van der Waals surface area contributed by atoms with E-state index in [9.17, 15) is 8.78 Å². The molecule has 1 fully saturated rings. The number of alkyl halides is 2. The summed E-state index contributed by atoms with van der Waals surface area (Å²) in [5.41, 5.74) is 3.34. The van der Waals surface area contributed by atoms with Crippen molar-refractivity contribution in [2.24, 2.45) is 0 Å². The minimum absolute atomic E-state index is 0.166. The Balaban J connectivity index is 1.58. The number of hydrogen-bond acceptors (Lipinski definition) is 2. The van der Waals surface area contributed by atoms with Crippen LogP contribution in [-0.4, -0.2) is 6.61 Å². The minimum atomic E-state index is -2.80. The van der Waals surface area contributed by atoms with Gasteiger partial charge in [-0.1, -0.05) is 30.3 Å². The van der Waals surface area contributed by atoms with E-state index in [4.69, 9.17) is 0 Å². The second-order valence-electron chi connectivity index (χ2n) is 5.28. The molecule has 4 heteroatoms. The summed E-state index contributed by atoms with van der Waals surface area (Å²) >= 11 is 0. The van der Waals surface area contributed by atoms with E-state index in [1.165, 1.54) is 30.0 Å². The van der Waals surface area contributed by atoms with Crippen LogP contribution in [0.3, 0.4) is 0 Å². The smallest absolute Gasteiger partial charge is 0.387 e. The summed E-state index contributed by atoms with van der Waals surface area (Å²) in [7, 11) is 0. The number of anilines is 1. The lowest BCUT2D eigenvalue weighted by molar-refractivity contribution is -0.0498. The van der Waals surface area contributed by atoms with Crippen molar-refractivity contribution in [3.8, 4) is 5.75 Å². The summed E-state index contributed by atoms with van der Waals surface area (Å²) in [4.78, 5) is 0. The van der Waals surface area contributed by atoms with Crippen LogP contribution >= 0.6 is 0 Å². The lowest BCUT2D eigenvalue weighted by atomic mass is 10.1. The first kappa shape index (κ1) is 13.9. The van der Waals surface area contributed by atoms with E-state index in [2.05, 4.69) is 34.3 Å². The van der Waals surface area contributed by atoms with Crippen LogP contribution < -0.4 is 10.1 Å². The zero-order valence-corrected chi connectivity index (χ0v) is 11.6. The standard InChI is InChI=1S/C17H17F2NO/c18-17(19)21-16-3-1-2-15(10-16)20-11-12-4-6-13(7-5-12)14-8-9-14/h1-7,10,14,17,20H,8-9,11H2. The molecule has 0 atom stereocenters. The molecular formula is C17H17F2NO. The van der Waals surface area contributed by atoms with Crippen molar-refractivity contribution >= 4 is 5.69 Å². The van der Waals surface area contributed by atoms with Crippen molar-refractivity contribution in [1.82, 2.24) is 0 Å². The number of rotatable bonds is 6. The van der Waals surface area contributed by atoms with Gasteiger partial charge in [0, 0.05) is 18.3 Å². The fourth-order valence-corrected chi connectivity index (χ4v) is 2.31. The Labute approximate surface area is 122 Å². The molecule has 1 saturated carbocycles. The monoisotopic (exact) mass is 289 g/mol. The molecule has 1 N–H and O–H groups in total. The van der Waals surface area contributed by atoms with Crippen LogP contribution in [0.15, 0.2) is 48.5 Å². The molecule has 0 spiro atoms. The van der Waals surface area contributed by atoms with Crippen LogP contribution in [0.5, 0.6) is 5.75 Å². The molecule has 1 aliphatic rings. The Kier molecular flexibility index (Phi) is 4.04. The van der Waals surface area contributed by atoms with Crippen LogP contribution in [0.25, 0.3) is 0 Å². The number of benzene rings is 2. The summed E-state index contributed by atoms with van der Waals surface area (Å²) in [5, 5.41) is 3.21. The summed E-state index contributed by atoms with van der Waals surface area (Å²) in [6.45, 7) is -2.14. The van der Waals surface area contributed by atoms with E-state index in [0.717, 1.165) is 11.6 Å². The molecule has 0 radical (unpaired) electrons. The normalized spacial score (nSPS) is 14.2. The van der Waals surface area contributed by atoms with Gasteiger partial charge in [-0.15, -0.1) is 0 Å². The topological polar surface area (TPSA) is 21.3 Å². The fourth-order valence-electron chi connectivity index (χ4n) is 2.31.